The van der Waals surface area contributed by atoms with Gasteiger partial charge in [0.15, 0.2) is 0 Å². The SMILES string of the molecule is CCOC(=O)C1CNCCN1C1CCCC1CC. The molecule has 4 heteroatoms. The quantitative estimate of drug-likeness (QED) is 0.770. The normalized spacial score (nSPS) is 33.6. The van der Waals surface area contributed by atoms with Gasteiger partial charge in [0, 0.05) is 25.7 Å². The van der Waals surface area contributed by atoms with E-state index in [4.69, 9.17) is 4.74 Å². The van der Waals surface area contributed by atoms with Gasteiger partial charge in [-0.3, -0.25) is 9.69 Å². The zero-order valence-corrected chi connectivity index (χ0v) is 11.7. The van der Waals surface area contributed by atoms with Gasteiger partial charge < -0.3 is 10.1 Å². The minimum absolute atomic E-state index is 0.0496. The first-order chi connectivity index (χ1) is 8.77. The summed E-state index contributed by atoms with van der Waals surface area (Å²) >= 11 is 0. The summed E-state index contributed by atoms with van der Waals surface area (Å²) in [6, 6.07) is 0.516. The third-order valence-corrected chi connectivity index (χ3v) is 4.41. The Morgan fingerprint density at radius 3 is 2.94 bits per heavy atom. The van der Waals surface area contributed by atoms with E-state index in [1.165, 1.54) is 25.7 Å². The summed E-state index contributed by atoms with van der Waals surface area (Å²) < 4.78 is 5.22. The highest BCUT2D eigenvalue weighted by Gasteiger charge is 2.39. The average molecular weight is 254 g/mol. The van der Waals surface area contributed by atoms with Crippen LogP contribution in [-0.2, 0) is 9.53 Å². The van der Waals surface area contributed by atoms with Gasteiger partial charge in [0.25, 0.3) is 0 Å². The second-order valence-corrected chi connectivity index (χ2v) is 5.38. The number of hydrogen-bond donors (Lipinski definition) is 1. The summed E-state index contributed by atoms with van der Waals surface area (Å²) in [6.07, 6.45) is 5.10. The molecule has 2 rings (SSSR count). The fourth-order valence-electron chi connectivity index (χ4n) is 3.50. The second kappa shape index (κ2) is 6.53. The maximum Gasteiger partial charge on any atom is 0.324 e. The van der Waals surface area contributed by atoms with E-state index in [2.05, 4.69) is 17.1 Å². The molecule has 0 aromatic heterocycles. The van der Waals surface area contributed by atoms with Crippen LogP contribution >= 0.6 is 0 Å². The van der Waals surface area contributed by atoms with Crippen molar-refractivity contribution >= 4 is 5.97 Å². The summed E-state index contributed by atoms with van der Waals surface area (Å²) in [5, 5.41) is 3.32. The molecule has 104 valence electrons. The maximum absolute atomic E-state index is 12.1. The topological polar surface area (TPSA) is 41.6 Å². The van der Waals surface area contributed by atoms with Crippen LogP contribution in [0.15, 0.2) is 0 Å². The molecule has 3 atom stereocenters. The van der Waals surface area contributed by atoms with Gasteiger partial charge in [-0.15, -0.1) is 0 Å². The number of hydrogen-bond acceptors (Lipinski definition) is 4. The molecule has 1 aliphatic carbocycles. The molecular weight excluding hydrogens is 228 g/mol. The lowest BCUT2D eigenvalue weighted by atomic mass is 9.97. The molecule has 1 N–H and O–H groups in total. The third-order valence-electron chi connectivity index (χ3n) is 4.41. The molecule has 1 heterocycles. The van der Waals surface area contributed by atoms with Crippen LogP contribution in [0.5, 0.6) is 0 Å². The van der Waals surface area contributed by atoms with Crippen molar-refractivity contribution in [1.29, 1.82) is 0 Å². The third kappa shape index (κ3) is 2.86. The van der Waals surface area contributed by atoms with E-state index in [0.717, 1.165) is 25.6 Å². The Labute approximate surface area is 110 Å². The molecule has 1 aliphatic heterocycles. The molecule has 0 radical (unpaired) electrons. The minimum atomic E-state index is -0.0733. The standard InChI is InChI=1S/C14H26N2O2/c1-3-11-6-5-7-12(11)16-9-8-15-10-13(16)14(17)18-4-2/h11-13,15H,3-10H2,1-2H3. The van der Waals surface area contributed by atoms with Gasteiger partial charge in [-0.25, -0.2) is 0 Å². The van der Waals surface area contributed by atoms with Gasteiger partial charge in [-0.2, -0.15) is 0 Å². The molecule has 3 unspecified atom stereocenters. The highest BCUT2D eigenvalue weighted by molar-refractivity contribution is 5.76. The fraction of sp³-hybridized carbons (Fsp3) is 0.929. The Hall–Kier alpha value is -0.610. The summed E-state index contributed by atoms with van der Waals surface area (Å²) in [4.78, 5) is 14.5. The van der Waals surface area contributed by atoms with Gasteiger partial charge in [0.1, 0.15) is 6.04 Å². The van der Waals surface area contributed by atoms with Crippen molar-refractivity contribution in [1.82, 2.24) is 10.2 Å². The molecule has 0 aromatic carbocycles. The van der Waals surface area contributed by atoms with Crippen LogP contribution in [-0.4, -0.2) is 49.2 Å². The van der Waals surface area contributed by atoms with Crippen LogP contribution in [0.25, 0.3) is 0 Å². The monoisotopic (exact) mass is 254 g/mol. The number of esters is 1. The summed E-state index contributed by atoms with van der Waals surface area (Å²) in [7, 11) is 0. The van der Waals surface area contributed by atoms with Crippen LogP contribution in [0.1, 0.15) is 39.5 Å². The first-order valence-corrected chi connectivity index (χ1v) is 7.41. The predicted octanol–water partition coefficient (Wildman–Crippen LogP) is 1.40. The molecule has 0 aromatic rings. The van der Waals surface area contributed by atoms with E-state index >= 15 is 0 Å². The highest BCUT2D eigenvalue weighted by Crippen LogP contribution is 2.33. The highest BCUT2D eigenvalue weighted by atomic mass is 16.5. The van der Waals surface area contributed by atoms with Gasteiger partial charge in [-0.1, -0.05) is 19.8 Å². The van der Waals surface area contributed by atoms with Gasteiger partial charge in [0.05, 0.1) is 6.61 Å². The predicted molar refractivity (Wildman–Crippen MR) is 71.4 cm³/mol. The molecule has 2 aliphatic rings. The molecule has 0 bridgehead atoms. The lowest BCUT2D eigenvalue weighted by molar-refractivity contribution is -0.151. The Morgan fingerprint density at radius 1 is 1.39 bits per heavy atom. The Kier molecular flexibility index (Phi) is 5.01. The lowest BCUT2D eigenvalue weighted by Crippen LogP contribution is -2.59. The molecular formula is C14H26N2O2. The molecule has 1 saturated carbocycles. The van der Waals surface area contributed by atoms with E-state index in [-0.39, 0.29) is 12.0 Å². The van der Waals surface area contributed by atoms with E-state index in [9.17, 15) is 4.79 Å². The number of nitrogens with one attached hydrogen (secondary N) is 1. The van der Waals surface area contributed by atoms with E-state index in [1.807, 2.05) is 6.92 Å². The summed E-state index contributed by atoms with van der Waals surface area (Å²) in [6.45, 7) is 7.33. The number of nitrogens with zero attached hydrogens (tertiary/aromatic N) is 1. The van der Waals surface area contributed by atoms with Crippen molar-refractivity contribution in [2.24, 2.45) is 5.92 Å². The zero-order chi connectivity index (χ0) is 13.0. The summed E-state index contributed by atoms with van der Waals surface area (Å²) in [5.41, 5.74) is 0. The molecule has 1 saturated heterocycles. The number of piperazine rings is 1. The van der Waals surface area contributed by atoms with Crippen LogP contribution in [0.2, 0.25) is 0 Å². The Bertz CT molecular complexity index is 283. The fourth-order valence-corrected chi connectivity index (χ4v) is 3.50. The van der Waals surface area contributed by atoms with Crippen molar-refractivity contribution in [3.8, 4) is 0 Å². The molecule has 0 amide bonds. The molecule has 2 fully saturated rings. The van der Waals surface area contributed by atoms with E-state index < -0.39 is 0 Å². The van der Waals surface area contributed by atoms with Crippen molar-refractivity contribution in [3.63, 3.8) is 0 Å². The van der Waals surface area contributed by atoms with Gasteiger partial charge in [0.2, 0.25) is 0 Å². The van der Waals surface area contributed by atoms with Crippen molar-refractivity contribution in [2.45, 2.75) is 51.6 Å². The smallest absolute Gasteiger partial charge is 0.324 e. The maximum atomic E-state index is 12.1. The van der Waals surface area contributed by atoms with Crippen LogP contribution < -0.4 is 5.32 Å². The van der Waals surface area contributed by atoms with E-state index in [1.54, 1.807) is 0 Å². The van der Waals surface area contributed by atoms with Gasteiger partial charge in [-0.05, 0) is 25.7 Å². The largest absolute Gasteiger partial charge is 0.465 e. The Morgan fingerprint density at radius 2 is 2.22 bits per heavy atom. The first-order valence-electron chi connectivity index (χ1n) is 7.41. The molecule has 0 spiro atoms. The van der Waals surface area contributed by atoms with Crippen molar-refractivity contribution in [2.75, 3.05) is 26.2 Å². The summed E-state index contributed by atoms with van der Waals surface area (Å²) in [5.74, 6) is 0.714. The van der Waals surface area contributed by atoms with Crippen molar-refractivity contribution < 1.29 is 9.53 Å². The second-order valence-electron chi connectivity index (χ2n) is 5.38. The average Bonchev–Trinajstić information content (AvgIpc) is 2.87. The Balaban J connectivity index is 2.05. The first kappa shape index (κ1) is 13.8. The van der Waals surface area contributed by atoms with Gasteiger partial charge >= 0.3 is 5.97 Å². The zero-order valence-electron chi connectivity index (χ0n) is 11.7. The lowest BCUT2D eigenvalue weighted by Gasteiger charge is -2.40. The van der Waals surface area contributed by atoms with Crippen LogP contribution in [0, 0.1) is 5.92 Å². The van der Waals surface area contributed by atoms with Crippen LogP contribution in [0.4, 0.5) is 0 Å². The van der Waals surface area contributed by atoms with Crippen molar-refractivity contribution in [3.05, 3.63) is 0 Å². The molecule has 4 nitrogen and oxygen atoms in total. The number of ether oxygens (including phenoxy) is 1. The number of rotatable bonds is 4. The van der Waals surface area contributed by atoms with Crippen LogP contribution in [0.3, 0.4) is 0 Å². The number of carbonyl (C=O) groups excluding carboxylic acids is 1. The van der Waals surface area contributed by atoms with E-state index in [0.29, 0.717) is 12.6 Å². The number of carbonyl (C=O) groups is 1. The molecule has 18 heavy (non-hydrogen) atoms. The minimum Gasteiger partial charge on any atom is -0.465 e.